The number of hydrogen-bond donors (Lipinski definition) is 3. The summed E-state index contributed by atoms with van der Waals surface area (Å²) in [4.78, 5) is 21.4. The first-order valence-electron chi connectivity index (χ1n) is 4.98. The van der Waals surface area contributed by atoms with Gasteiger partial charge in [-0.2, -0.15) is 0 Å². The van der Waals surface area contributed by atoms with E-state index in [2.05, 4.69) is 0 Å². The maximum absolute atomic E-state index is 12.9. The number of alkyl halides is 2. The van der Waals surface area contributed by atoms with Gasteiger partial charge in [0.05, 0.1) is 0 Å². The largest absolute Gasteiger partial charge is 0.465 e. The molecular formula is C9H14F2N2O3. The fraction of sp³-hybridized carbons (Fsp3) is 0.778. The molecule has 0 aromatic rings. The minimum atomic E-state index is -2.71. The first-order chi connectivity index (χ1) is 7.32. The van der Waals surface area contributed by atoms with E-state index in [-0.39, 0.29) is 25.7 Å². The zero-order valence-electron chi connectivity index (χ0n) is 8.58. The van der Waals surface area contributed by atoms with Gasteiger partial charge in [-0.15, -0.1) is 0 Å². The van der Waals surface area contributed by atoms with E-state index in [9.17, 15) is 18.4 Å². The van der Waals surface area contributed by atoms with Crippen LogP contribution in [0.2, 0.25) is 0 Å². The van der Waals surface area contributed by atoms with Gasteiger partial charge < -0.3 is 16.2 Å². The summed E-state index contributed by atoms with van der Waals surface area (Å²) in [5.41, 5.74) is 5.03. The molecule has 1 atom stereocenters. The fourth-order valence-electron chi connectivity index (χ4n) is 1.95. The summed E-state index contributed by atoms with van der Waals surface area (Å²) in [6.07, 6.45) is -1.84. The molecule has 5 nitrogen and oxygen atoms in total. The van der Waals surface area contributed by atoms with E-state index in [1.54, 1.807) is 0 Å². The van der Waals surface area contributed by atoms with Crippen LogP contribution in [0.3, 0.4) is 0 Å². The normalized spacial score (nSPS) is 22.4. The Morgan fingerprint density at radius 3 is 2.25 bits per heavy atom. The highest BCUT2D eigenvalue weighted by atomic mass is 19.3. The van der Waals surface area contributed by atoms with Crippen LogP contribution in [-0.4, -0.2) is 29.1 Å². The molecule has 1 fully saturated rings. The van der Waals surface area contributed by atoms with Crippen LogP contribution in [0.1, 0.15) is 25.7 Å². The summed E-state index contributed by atoms with van der Waals surface area (Å²) in [5, 5.41) is 10.5. The quantitative estimate of drug-likeness (QED) is 0.680. The Hall–Kier alpha value is -1.40. The Morgan fingerprint density at radius 1 is 1.38 bits per heavy atom. The third-order valence-electron chi connectivity index (χ3n) is 2.82. The molecule has 92 valence electrons. The van der Waals surface area contributed by atoms with Gasteiger partial charge in [0.1, 0.15) is 6.04 Å². The van der Waals surface area contributed by atoms with Crippen molar-refractivity contribution in [2.45, 2.75) is 37.6 Å². The second-order valence-electron chi connectivity index (χ2n) is 4.02. The third-order valence-corrected chi connectivity index (χ3v) is 2.82. The van der Waals surface area contributed by atoms with Crippen molar-refractivity contribution in [3.8, 4) is 0 Å². The van der Waals surface area contributed by atoms with Crippen LogP contribution in [0.4, 0.5) is 13.6 Å². The molecule has 0 aromatic carbocycles. The van der Waals surface area contributed by atoms with Crippen molar-refractivity contribution in [2.24, 2.45) is 11.7 Å². The average molecular weight is 236 g/mol. The zero-order chi connectivity index (χ0) is 12.3. The molecule has 1 unspecified atom stereocenters. The van der Waals surface area contributed by atoms with Crippen LogP contribution in [0.15, 0.2) is 0 Å². The number of hydrogen-bond acceptors (Lipinski definition) is 2. The monoisotopic (exact) mass is 236 g/mol. The van der Waals surface area contributed by atoms with E-state index in [0.717, 1.165) is 0 Å². The highest BCUT2D eigenvalue weighted by molar-refractivity contribution is 5.84. The van der Waals surface area contributed by atoms with Gasteiger partial charge in [-0.25, -0.2) is 13.6 Å². The maximum Gasteiger partial charge on any atom is 0.405 e. The van der Waals surface area contributed by atoms with Gasteiger partial charge in [-0.1, -0.05) is 0 Å². The Kier molecular flexibility index (Phi) is 3.66. The van der Waals surface area contributed by atoms with Crippen molar-refractivity contribution >= 4 is 12.0 Å². The van der Waals surface area contributed by atoms with Crippen molar-refractivity contribution < 1.29 is 23.5 Å². The smallest absolute Gasteiger partial charge is 0.405 e. The maximum atomic E-state index is 12.9. The Balaban J connectivity index is 2.60. The highest BCUT2D eigenvalue weighted by Crippen LogP contribution is 2.37. The summed E-state index contributed by atoms with van der Waals surface area (Å²) in [7, 11) is 0. The van der Waals surface area contributed by atoms with Crippen molar-refractivity contribution in [1.29, 1.82) is 0 Å². The van der Waals surface area contributed by atoms with E-state index in [1.165, 1.54) is 0 Å². The van der Waals surface area contributed by atoms with E-state index < -0.39 is 29.9 Å². The Morgan fingerprint density at radius 2 is 1.88 bits per heavy atom. The fourth-order valence-corrected chi connectivity index (χ4v) is 1.95. The lowest BCUT2D eigenvalue weighted by Crippen LogP contribution is -2.50. The number of nitrogens with one attached hydrogen (secondary N) is 1. The third kappa shape index (κ3) is 3.32. The lowest BCUT2D eigenvalue weighted by molar-refractivity contribution is -0.122. The number of carboxylic acid groups (broad SMARTS) is 1. The van der Waals surface area contributed by atoms with Crippen molar-refractivity contribution in [1.82, 2.24) is 5.32 Å². The van der Waals surface area contributed by atoms with Crippen LogP contribution >= 0.6 is 0 Å². The van der Waals surface area contributed by atoms with Gasteiger partial charge in [0, 0.05) is 12.8 Å². The predicted octanol–water partition coefficient (Wildman–Crippen LogP) is 0.933. The molecule has 0 aliphatic heterocycles. The van der Waals surface area contributed by atoms with E-state index in [1.807, 2.05) is 5.32 Å². The summed E-state index contributed by atoms with van der Waals surface area (Å²) in [6, 6.07) is -1.08. The van der Waals surface area contributed by atoms with Crippen LogP contribution in [0.25, 0.3) is 0 Å². The molecule has 16 heavy (non-hydrogen) atoms. The molecule has 0 heterocycles. The number of amides is 2. The van der Waals surface area contributed by atoms with E-state index in [0.29, 0.717) is 0 Å². The van der Waals surface area contributed by atoms with E-state index >= 15 is 0 Å². The second kappa shape index (κ2) is 4.63. The average Bonchev–Trinajstić information content (AvgIpc) is 2.14. The number of nitrogens with two attached hydrogens (primary N) is 1. The first-order valence-corrected chi connectivity index (χ1v) is 4.98. The molecule has 1 rings (SSSR count). The molecule has 4 N–H and O–H groups in total. The zero-order valence-corrected chi connectivity index (χ0v) is 8.58. The first kappa shape index (κ1) is 12.7. The second-order valence-corrected chi connectivity index (χ2v) is 4.02. The van der Waals surface area contributed by atoms with Gasteiger partial charge in [-0.3, -0.25) is 4.79 Å². The molecule has 7 heteroatoms. The molecule has 0 radical (unpaired) electrons. The molecule has 1 aliphatic carbocycles. The minimum absolute atomic E-state index is 0.0981. The van der Waals surface area contributed by atoms with Gasteiger partial charge in [-0.05, 0) is 18.8 Å². The van der Waals surface area contributed by atoms with Crippen LogP contribution in [0, 0.1) is 5.92 Å². The Labute approximate surface area is 91.0 Å². The lowest BCUT2D eigenvalue weighted by atomic mass is 9.82. The summed E-state index contributed by atoms with van der Waals surface area (Å²) < 4.78 is 25.7. The summed E-state index contributed by atoms with van der Waals surface area (Å²) in [5.74, 6) is -3.96. The number of primary amides is 1. The molecule has 1 saturated carbocycles. The van der Waals surface area contributed by atoms with Gasteiger partial charge in [0.15, 0.2) is 0 Å². The van der Waals surface area contributed by atoms with Crippen molar-refractivity contribution in [3.63, 3.8) is 0 Å². The van der Waals surface area contributed by atoms with E-state index in [4.69, 9.17) is 10.8 Å². The van der Waals surface area contributed by atoms with Gasteiger partial charge in [0.2, 0.25) is 11.8 Å². The van der Waals surface area contributed by atoms with Crippen LogP contribution in [-0.2, 0) is 4.79 Å². The SMILES string of the molecule is NC(=O)C(NC(=O)O)C1CCC(F)(F)CC1. The minimum Gasteiger partial charge on any atom is -0.465 e. The number of carbonyl (C=O) groups is 2. The highest BCUT2D eigenvalue weighted by Gasteiger charge is 2.39. The standard InChI is InChI=1S/C9H14F2N2O3/c10-9(11)3-1-5(2-4-9)6(7(12)14)13-8(15)16/h5-6,13H,1-4H2,(H2,12,14)(H,15,16). The Bertz CT molecular complexity index is 286. The molecular weight excluding hydrogens is 222 g/mol. The predicted molar refractivity (Wildman–Crippen MR) is 51.0 cm³/mol. The van der Waals surface area contributed by atoms with Crippen LogP contribution < -0.4 is 11.1 Å². The number of rotatable bonds is 3. The van der Waals surface area contributed by atoms with Crippen molar-refractivity contribution in [3.05, 3.63) is 0 Å². The molecule has 1 aliphatic rings. The van der Waals surface area contributed by atoms with Gasteiger partial charge in [0.25, 0.3) is 0 Å². The summed E-state index contributed by atoms with van der Waals surface area (Å²) in [6.45, 7) is 0. The topological polar surface area (TPSA) is 92.4 Å². The molecule has 0 spiro atoms. The molecule has 2 amide bonds. The molecule has 0 aromatic heterocycles. The number of carbonyl (C=O) groups excluding carboxylic acids is 1. The lowest BCUT2D eigenvalue weighted by Gasteiger charge is -2.31. The number of halogens is 2. The van der Waals surface area contributed by atoms with Gasteiger partial charge >= 0.3 is 6.09 Å². The molecule has 0 saturated heterocycles. The summed E-state index contributed by atoms with van der Waals surface area (Å²) >= 11 is 0. The van der Waals surface area contributed by atoms with Crippen molar-refractivity contribution in [2.75, 3.05) is 0 Å². The molecule has 0 bridgehead atoms. The van der Waals surface area contributed by atoms with Crippen LogP contribution in [0.5, 0.6) is 0 Å².